The van der Waals surface area contributed by atoms with E-state index in [0.29, 0.717) is 6.42 Å². The topological polar surface area (TPSA) is 61.1 Å². The van der Waals surface area contributed by atoms with Crippen LogP contribution in [0.2, 0.25) is 0 Å². The second-order valence-corrected chi connectivity index (χ2v) is 6.21. The molecule has 1 fully saturated rings. The average molecular weight is 233 g/mol. The molecule has 2 aliphatic carbocycles. The van der Waals surface area contributed by atoms with Crippen molar-refractivity contribution in [2.75, 3.05) is 0 Å². The largest absolute Gasteiger partial charge is 0.393 e. The summed E-state index contributed by atoms with van der Waals surface area (Å²) in [5.41, 5.74) is -0.447. The lowest BCUT2D eigenvalue weighted by Gasteiger charge is -2.51. The summed E-state index contributed by atoms with van der Waals surface area (Å²) < 4.78 is 0. The maximum atomic E-state index is 12.2. The lowest BCUT2D eigenvalue weighted by molar-refractivity contribution is -0.132. The number of nitriles is 1. The van der Waals surface area contributed by atoms with Gasteiger partial charge in [0.05, 0.1) is 11.7 Å². The summed E-state index contributed by atoms with van der Waals surface area (Å²) in [7, 11) is 0. The Labute approximate surface area is 102 Å². The number of rotatable bonds is 0. The molecule has 17 heavy (non-hydrogen) atoms. The number of carbonyl (C=O) groups is 1. The Bertz CT molecular complexity index is 430. The normalized spacial score (nSPS) is 40.2. The molecule has 2 rings (SSSR count). The van der Waals surface area contributed by atoms with Gasteiger partial charge in [0.25, 0.3) is 0 Å². The zero-order valence-corrected chi connectivity index (χ0v) is 10.7. The summed E-state index contributed by atoms with van der Waals surface area (Å²) in [4.78, 5) is 12.2. The van der Waals surface area contributed by atoms with Crippen molar-refractivity contribution in [1.82, 2.24) is 0 Å². The third-order valence-electron chi connectivity index (χ3n) is 4.56. The number of fused-ring (bicyclic) bond motifs is 1. The van der Waals surface area contributed by atoms with Gasteiger partial charge in [-0.15, -0.1) is 0 Å². The summed E-state index contributed by atoms with van der Waals surface area (Å²) in [6.45, 7) is 5.92. The van der Waals surface area contributed by atoms with E-state index < -0.39 is 5.41 Å². The number of hydrogen-bond donors (Lipinski definition) is 1. The van der Waals surface area contributed by atoms with Gasteiger partial charge in [0.1, 0.15) is 6.07 Å². The molecule has 1 N–H and O–H groups in total. The van der Waals surface area contributed by atoms with Gasteiger partial charge in [-0.3, -0.25) is 4.79 Å². The van der Waals surface area contributed by atoms with Crippen LogP contribution in [0.3, 0.4) is 0 Å². The van der Waals surface area contributed by atoms with Crippen molar-refractivity contribution < 1.29 is 9.90 Å². The number of allylic oxidation sites excluding steroid dienone is 2. The van der Waals surface area contributed by atoms with Gasteiger partial charge in [0.15, 0.2) is 5.78 Å². The zero-order valence-electron chi connectivity index (χ0n) is 10.7. The quantitative estimate of drug-likeness (QED) is 0.697. The zero-order chi connectivity index (χ0) is 12.8. The van der Waals surface area contributed by atoms with Crippen LogP contribution in [0.1, 0.15) is 40.0 Å². The minimum Gasteiger partial charge on any atom is -0.393 e. The van der Waals surface area contributed by atoms with Crippen molar-refractivity contribution in [3.05, 3.63) is 11.6 Å². The van der Waals surface area contributed by atoms with Gasteiger partial charge in [-0.25, -0.2) is 0 Å². The number of hydrogen-bond acceptors (Lipinski definition) is 3. The Morgan fingerprint density at radius 3 is 2.65 bits per heavy atom. The summed E-state index contributed by atoms with van der Waals surface area (Å²) in [6.07, 6.45) is 3.75. The lowest BCUT2D eigenvalue weighted by Crippen LogP contribution is -2.50. The second-order valence-electron chi connectivity index (χ2n) is 6.21. The SMILES string of the molecule is CC1(C)C(=O)C(C#N)=C[C@@]2(C)C[C@H](O)CC[C@@H]12. The molecule has 3 heteroatoms. The first-order chi connectivity index (χ1) is 7.81. The molecule has 0 heterocycles. The Hall–Kier alpha value is -1.14. The van der Waals surface area contributed by atoms with E-state index in [0.717, 1.165) is 12.8 Å². The predicted molar refractivity (Wildman–Crippen MR) is 63.9 cm³/mol. The van der Waals surface area contributed by atoms with E-state index in [1.807, 2.05) is 19.9 Å². The van der Waals surface area contributed by atoms with E-state index in [1.165, 1.54) is 0 Å². The molecule has 0 aliphatic heterocycles. The molecule has 0 unspecified atom stereocenters. The maximum Gasteiger partial charge on any atom is 0.178 e. The van der Waals surface area contributed by atoms with E-state index in [4.69, 9.17) is 5.26 Å². The highest BCUT2D eigenvalue weighted by molar-refractivity contribution is 6.04. The first-order valence-corrected chi connectivity index (χ1v) is 6.17. The van der Waals surface area contributed by atoms with E-state index >= 15 is 0 Å². The van der Waals surface area contributed by atoms with Crippen LogP contribution in [0.5, 0.6) is 0 Å². The summed E-state index contributed by atoms with van der Waals surface area (Å²) in [5.74, 6) is 0.182. The van der Waals surface area contributed by atoms with Gasteiger partial charge >= 0.3 is 0 Å². The van der Waals surface area contributed by atoms with E-state index in [9.17, 15) is 9.90 Å². The predicted octanol–water partition coefficient (Wildman–Crippen LogP) is 2.21. The van der Waals surface area contributed by atoms with Gasteiger partial charge in [0, 0.05) is 5.41 Å². The Balaban J connectivity index is 2.51. The highest BCUT2D eigenvalue weighted by atomic mass is 16.3. The molecule has 3 nitrogen and oxygen atoms in total. The summed E-state index contributed by atoms with van der Waals surface area (Å²) >= 11 is 0. The molecule has 0 amide bonds. The van der Waals surface area contributed by atoms with Crippen LogP contribution in [0.15, 0.2) is 11.6 Å². The van der Waals surface area contributed by atoms with Crippen molar-refractivity contribution in [3.63, 3.8) is 0 Å². The smallest absolute Gasteiger partial charge is 0.178 e. The fraction of sp³-hybridized carbons (Fsp3) is 0.714. The number of aliphatic hydroxyl groups excluding tert-OH is 1. The highest BCUT2D eigenvalue weighted by Crippen LogP contribution is 2.54. The molecule has 0 saturated heterocycles. The van der Waals surface area contributed by atoms with Crippen LogP contribution < -0.4 is 0 Å². The molecular weight excluding hydrogens is 214 g/mol. The first kappa shape index (κ1) is 12.3. The van der Waals surface area contributed by atoms with Gasteiger partial charge in [0.2, 0.25) is 0 Å². The van der Waals surface area contributed by atoms with E-state index in [2.05, 4.69) is 6.92 Å². The van der Waals surface area contributed by atoms with Crippen molar-refractivity contribution in [2.45, 2.75) is 46.1 Å². The van der Waals surface area contributed by atoms with Gasteiger partial charge in [-0.1, -0.05) is 26.8 Å². The number of Topliss-reactive ketones (excluding diaryl/α,β-unsaturated/α-hetero) is 1. The molecule has 92 valence electrons. The van der Waals surface area contributed by atoms with Crippen LogP contribution in [0.25, 0.3) is 0 Å². The van der Waals surface area contributed by atoms with E-state index in [-0.39, 0.29) is 28.8 Å². The summed E-state index contributed by atoms with van der Waals surface area (Å²) in [5, 5.41) is 18.9. The van der Waals surface area contributed by atoms with Gasteiger partial charge in [-0.2, -0.15) is 5.26 Å². The van der Waals surface area contributed by atoms with Crippen LogP contribution in [-0.2, 0) is 4.79 Å². The molecule has 2 aliphatic rings. The molecule has 0 aromatic carbocycles. The molecule has 0 spiro atoms. The van der Waals surface area contributed by atoms with Crippen molar-refractivity contribution in [3.8, 4) is 6.07 Å². The first-order valence-electron chi connectivity index (χ1n) is 6.17. The maximum absolute atomic E-state index is 12.2. The minimum absolute atomic E-state index is 0.0427. The second kappa shape index (κ2) is 3.68. The van der Waals surface area contributed by atoms with Gasteiger partial charge < -0.3 is 5.11 Å². The number of aliphatic hydroxyl groups is 1. The lowest BCUT2D eigenvalue weighted by atomic mass is 9.52. The molecule has 0 radical (unpaired) electrons. The van der Waals surface area contributed by atoms with Crippen LogP contribution in [0.4, 0.5) is 0 Å². The summed E-state index contributed by atoms with van der Waals surface area (Å²) in [6, 6.07) is 2.01. The average Bonchev–Trinajstić information content (AvgIpc) is 2.23. The van der Waals surface area contributed by atoms with Crippen molar-refractivity contribution in [1.29, 1.82) is 5.26 Å². The standard InChI is InChI=1S/C14H19NO2/c1-13(2)11-5-4-10(16)7-14(11,3)6-9(8-15)12(13)17/h6,10-11,16H,4-5,7H2,1-3H3/t10-,11+,14+/m1/s1. The third-order valence-corrected chi connectivity index (χ3v) is 4.56. The van der Waals surface area contributed by atoms with Crippen LogP contribution in [0, 0.1) is 28.1 Å². The number of nitrogens with zero attached hydrogens (tertiary/aromatic N) is 1. The van der Waals surface area contributed by atoms with Crippen molar-refractivity contribution >= 4 is 5.78 Å². The Morgan fingerprint density at radius 1 is 1.41 bits per heavy atom. The molecule has 0 aromatic heterocycles. The van der Waals surface area contributed by atoms with Crippen molar-refractivity contribution in [2.24, 2.45) is 16.7 Å². The van der Waals surface area contributed by atoms with Crippen LogP contribution >= 0.6 is 0 Å². The minimum atomic E-state index is -0.491. The Morgan fingerprint density at radius 2 is 2.06 bits per heavy atom. The van der Waals surface area contributed by atoms with E-state index in [1.54, 1.807) is 6.08 Å². The number of carbonyl (C=O) groups excluding carboxylic acids is 1. The number of ketones is 1. The Kier molecular flexibility index (Phi) is 2.67. The molecule has 1 saturated carbocycles. The fourth-order valence-corrected chi connectivity index (χ4v) is 3.77. The molecule has 0 aromatic rings. The molecule has 0 bridgehead atoms. The van der Waals surface area contributed by atoms with Crippen LogP contribution in [-0.4, -0.2) is 17.0 Å². The van der Waals surface area contributed by atoms with Gasteiger partial charge in [-0.05, 0) is 30.6 Å². The molecular formula is C14H19NO2. The molecule has 3 atom stereocenters. The fourth-order valence-electron chi connectivity index (χ4n) is 3.77. The monoisotopic (exact) mass is 233 g/mol. The highest BCUT2D eigenvalue weighted by Gasteiger charge is 2.53. The third kappa shape index (κ3) is 1.71.